The average molecular weight is 479 g/mol. The molecule has 2 aromatic carbocycles. The highest BCUT2D eigenvalue weighted by Crippen LogP contribution is 2.27. The predicted molar refractivity (Wildman–Crippen MR) is 133 cm³/mol. The van der Waals surface area contributed by atoms with E-state index in [2.05, 4.69) is 4.98 Å². The summed E-state index contributed by atoms with van der Waals surface area (Å²) in [5.74, 6) is 0.986. The molecule has 3 aromatic rings. The van der Waals surface area contributed by atoms with Crippen molar-refractivity contribution < 1.29 is 23.8 Å². The van der Waals surface area contributed by atoms with Crippen molar-refractivity contribution in [2.75, 3.05) is 51.9 Å². The van der Waals surface area contributed by atoms with Crippen LogP contribution in [0.1, 0.15) is 38.9 Å². The minimum atomic E-state index is -0.503. The minimum absolute atomic E-state index is 0.108. The molecule has 184 valence electrons. The molecule has 0 bridgehead atoms. The maximum atomic E-state index is 13.2. The van der Waals surface area contributed by atoms with Crippen molar-refractivity contribution in [3.63, 3.8) is 0 Å². The van der Waals surface area contributed by atoms with Gasteiger partial charge in [0.15, 0.2) is 11.5 Å². The van der Waals surface area contributed by atoms with Crippen molar-refractivity contribution in [3.05, 3.63) is 52.7 Å². The first kappa shape index (κ1) is 24.3. The van der Waals surface area contributed by atoms with Gasteiger partial charge in [-0.1, -0.05) is 0 Å². The molecule has 0 radical (unpaired) electrons. The lowest BCUT2D eigenvalue weighted by Crippen LogP contribution is -2.49. The highest BCUT2D eigenvalue weighted by Gasteiger charge is 2.28. The van der Waals surface area contributed by atoms with Gasteiger partial charge in [-0.3, -0.25) is 4.79 Å². The molecule has 2 heterocycles. The van der Waals surface area contributed by atoms with E-state index < -0.39 is 5.97 Å². The first-order chi connectivity index (χ1) is 16.8. The van der Waals surface area contributed by atoms with Crippen LogP contribution in [0.25, 0.3) is 11.0 Å². The summed E-state index contributed by atoms with van der Waals surface area (Å²) in [5.41, 5.74) is 4.25. The van der Waals surface area contributed by atoms with Gasteiger partial charge in [0.25, 0.3) is 5.91 Å². The number of ether oxygens (including phenoxy) is 3. The van der Waals surface area contributed by atoms with Gasteiger partial charge < -0.3 is 24.0 Å². The van der Waals surface area contributed by atoms with E-state index in [1.807, 2.05) is 30.9 Å². The van der Waals surface area contributed by atoms with Crippen LogP contribution in [-0.4, -0.2) is 73.7 Å². The van der Waals surface area contributed by atoms with Crippen LogP contribution in [-0.2, 0) is 4.74 Å². The molecule has 9 nitrogen and oxygen atoms in total. The molecule has 1 aromatic heterocycles. The number of hydrogen-bond acceptors (Lipinski definition) is 8. The maximum Gasteiger partial charge on any atom is 0.360 e. The van der Waals surface area contributed by atoms with Crippen LogP contribution < -0.4 is 14.4 Å². The molecule has 4 rings (SSSR count). The lowest BCUT2D eigenvalue weighted by Gasteiger charge is -2.36. The van der Waals surface area contributed by atoms with E-state index in [-0.39, 0.29) is 18.2 Å². The Labute approximate surface area is 204 Å². The highest BCUT2D eigenvalue weighted by molar-refractivity contribution is 5.96. The summed E-state index contributed by atoms with van der Waals surface area (Å²) in [6.07, 6.45) is 0. The number of carbonyl (C=O) groups is 2. The van der Waals surface area contributed by atoms with E-state index >= 15 is 0 Å². The van der Waals surface area contributed by atoms with Gasteiger partial charge in [-0.05, 0) is 56.2 Å². The molecule has 0 saturated carbocycles. The van der Waals surface area contributed by atoms with E-state index in [9.17, 15) is 9.59 Å². The molecule has 9 heteroatoms. The Balaban J connectivity index is 1.59. The molecular weight excluding hydrogens is 448 g/mol. The van der Waals surface area contributed by atoms with Gasteiger partial charge in [0, 0.05) is 37.8 Å². The van der Waals surface area contributed by atoms with Gasteiger partial charge in [-0.15, -0.1) is 0 Å². The number of aromatic nitrogens is 2. The molecule has 35 heavy (non-hydrogen) atoms. The minimum Gasteiger partial charge on any atom is -0.497 e. The number of rotatable bonds is 6. The summed E-state index contributed by atoms with van der Waals surface area (Å²) in [6.45, 7) is 7.97. The van der Waals surface area contributed by atoms with Gasteiger partial charge in [0.1, 0.15) is 11.5 Å². The molecule has 1 fully saturated rings. The fraction of sp³-hybridized carbons (Fsp3) is 0.385. The fourth-order valence-electron chi connectivity index (χ4n) is 4.09. The summed E-state index contributed by atoms with van der Waals surface area (Å²) >= 11 is 0. The van der Waals surface area contributed by atoms with Crippen LogP contribution in [0.2, 0.25) is 0 Å². The number of amides is 1. The molecule has 1 saturated heterocycles. The second-order valence-corrected chi connectivity index (χ2v) is 8.42. The number of piperazine rings is 1. The number of benzene rings is 2. The van der Waals surface area contributed by atoms with Gasteiger partial charge >= 0.3 is 5.97 Å². The zero-order valence-electron chi connectivity index (χ0n) is 20.8. The number of fused-ring (bicyclic) bond motifs is 1. The van der Waals surface area contributed by atoms with Crippen LogP contribution in [0.5, 0.6) is 11.5 Å². The Morgan fingerprint density at radius 1 is 0.857 bits per heavy atom. The zero-order valence-corrected chi connectivity index (χ0v) is 20.8. The van der Waals surface area contributed by atoms with Crippen LogP contribution in [0, 0.1) is 13.8 Å². The van der Waals surface area contributed by atoms with Crippen molar-refractivity contribution in [1.82, 2.24) is 14.9 Å². The van der Waals surface area contributed by atoms with E-state index in [4.69, 9.17) is 19.2 Å². The molecule has 0 unspecified atom stereocenters. The van der Waals surface area contributed by atoms with Gasteiger partial charge in [0.2, 0.25) is 0 Å². The normalized spacial score (nSPS) is 13.6. The standard InChI is InChI=1S/C26H30N4O5/c1-6-35-26(32)23-24(28-22-12-17(3)16(2)11-21(22)27-23)29-7-9-30(10-8-29)25(31)18-13-19(33-4)15-20(14-18)34-5/h11-15H,6-10H2,1-5H3. The van der Waals surface area contributed by atoms with E-state index in [0.29, 0.717) is 54.6 Å². The monoisotopic (exact) mass is 478 g/mol. The number of methoxy groups -OCH3 is 2. The van der Waals surface area contributed by atoms with Crippen molar-refractivity contribution in [3.8, 4) is 11.5 Å². The lowest BCUT2D eigenvalue weighted by atomic mass is 10.1. The van der Waals surface area contributed by atoms with Gasteiger partial charge in [0.05, 0.1) is 31.9 Å². The largest absolute Gasteiger partial charge is 0.497 e. The van der Waals surface area contributed by atoms with E-state index in [1.54, 1.807) is 44.2 Å². The summed E-state index contributed by atoms with van der Waals surface area (Å²) in [5, 5.41) is 0. The summed E-state index contributed by atoms with van der Waals surface area (Å²) < 4.78 is 15.9. The van der Waals surface area contributed by atoms with Gasteiger partial charge in [-0.25, -0.2) is 14.8 Å². The Morgan fingerprint density at radius 3 is 1.97 bits per heavy atom. The van der Waals surface area contributed by atoms with Gasteiger partial charge in [-0.2, -0.15) is 0 Å². The third-order valence-electron chi connectivity index (χ3n) is 6.19. The lowest BCUT2D eigenvalue weighted by molar-refractivity contribution is 0.0519. The van der Waals surface area contributed by atoms with Crippen molar-refractivity contribution in [1.29, 1.82) is 0 Å². The number of carbonyl (C=O) groups excluding carboxylic acids is 2. The third-order valence-corrected chi connectivity index (χ3v) is 6.19. The predicted octanol–water partition coefficient (Wildman–Crippen LogP) is 3.40. The zero-order chi connectivity index (χ0) is 25.1. The molecular formula is C26H30N4O5. The van der Waals surface area contributed by atoms with Crippen LogP contribution in [0.3, 0.4) is 0 Å². The number of aryl methyl sites for hydroxylation is 2. The fourth-order valence-corrected chi connectivity index (χ4v) is 4.09. The van der Waals surface area contributed by atoms with Crippen molar-refractivity contribution >= 4 is 28.7 Å². The quantitative estimate of drug-likeness (QED) is 0.498. The number of esters is 1. The first-order valence-corrected chi connectivity index (χ1v) is 11.6. The third kappa shape index (κ3) is 4.99. The smallest absolute Gasteiger partial charge is 0.360 e. The van der Waals surface area contributed by atoms with Crippen molar-refractivity contribution in [2.24, 2.45) is 0 Å². The Morgan fingerprint density at radius 2 is 1.43 bits per heavy atom. The summed E-state index contributed by atoms with van der Waals surface area (Å²) in [6, 6.07) is 9.05. The van der Waals surface area contributed by atoms with Crippen LogP contribution >= 0.6 is 0 Å². The van der Waals surface area contributed by atoms with Crippen LogP contribution in [0.15, 0.2) is 30.3 Å². The number of hydrogen-bond donors (Lipinski definition) is 0. The topological polar surface area (TPSA) is 94.1 Å². The molecule has 1 aliphatic heterocycles. The molecule has 0 N–H and O–H groups in total. The molecule has 0 spiro atoms. The SMILES string of the molecule is CCOC(=O)c1nc2cc(C)c(C)cc2nc1N1CCN(C(=O)c2cc(OC)cc(OC)c2)CC1. The molecule has 0 atom stereocenters. The highest BCUT2D eigenvalue weighted by atomic mass is 16.5. The second-order valence-electron chi connectivity index (χ2n) is 8.42. The molecule has 0 aliphatic carbocycles. The summed E-state index contributed by atoms with van der Waals surface area (Å²) in [7, 11) is 3.10. The summed E-state index contributed by atoms with van der Waals surface area (Å²) in [4.78, 5) is 39.1. The first-order valence-electron chi connectivity index (χ1n) is 11.6. The van der Waals surface area contributed by atoms with Crippen LogP contribution in [0.4, 0.5) is 5.82 Å². The molecule has 1 aliphatic rings. The number of nitrogens with zero attached hydrogens (tertiary/aromatic N) is 4. The van der Waals surface area contributed by atoms with E-state index in [1.165, 1.54) is 0 Å². The second kappa shape index (κ2) is 10.2. The molecule has 1 amide bonds. The van der Waals surface area contributed by atoms with Crippen molar-refractivity contribution in [2.45, 2.75) is 20.8 Å². The Kier molecular flexibility index (Phi) is 7.04. The Hall–Kier alpha value is -3.88. The maximum absolute atomic E-state index is 13.2. The Bertz CT molecular complexity index is 1250. The number of anilines is 1. The van der Waals surface area contributed by atoms with E-state index in [0.717, 1.165) is 16.6 Å². The average Bonchev–Trinajstić information content (AvgIpc) is 2.88.